The molecule has 0 spiro atoms. The van der Waals surface area contributed by atoms with Crippen LogP contribution in [0.4, 0.5) is 0 Å². The number of benzene rings is 1. The molecule has 1 aromatic rings. The van der Waals surface area contributed by atoms with Gasteiger partial charge in [-0.1, -0.05) is 12.0 Å². The van der Waals surface area contributed by atoms with Crippen molar-refractivity contribution in [1.29, 1.82) is 5.26 Å². The van der Waals surface area contributed by atoms with E-state index in [1.54, 1.807) is 18.2 Å². The summed E-state index contributed by atoms with van der Waals surface area (Å²) in [6.07, 6.45) is 7.39. The Hall–Kier alpha value is -2.30. The topological polar surface area (TPSA) is 53.3 Å². The van der Waals surface area contributed by atoms with Crippen LogP contribution in [-0.4, -0.2) is 36.6 Å². The molecule has 1 atom stereocenters. The highest BCUT2D eigenvalue weighted by atomic mass is 16.5. The maximum atomic E-state index is 11.9. The molecule has 1 saturated heterocycles. The second kappa shape index (κ2) is 6.75. The fourth-order valence-corrected chi connectivity index (χ4v) is 2.38. The normalized spacial score (nSPS) is 18.2. The van der Waals surface area contributed by atoms with Crippen LogP contribution in [0, 0.1) is 23.7 Å². The van der Waals surface area contributed by atoms with Crippen molar-refractivity contribution in [3.05, 3.63) is 35.4 Å². The van der Waals surface area contributed by atoms with Gasteiger partial charge >= 0.3 is 5.97 Å². The zero-order chi connectivity index (χ0) is 14.4. The Bertz CT molecular complexity index is 569. The Morgan fingerprint density at radius 1 is 1.55 bits per heavy atom. The van der Waals surface area contributed by atoms with E-state index in [2.05, 4.69) is 10.8 Å². The molecule has 2 rings (SSSR count). The van der Waals surface area contributed by atoms with Crippen LogP contribution in [0.15, 0.2) is 24.3 Å². The number of hydrogen-bond acceptors (Lipinski definition) is 4. The number of carbonyl (C=O) groups is 1. The molecule has 0 saturated carbocycles. The lowest BCUT2D eigenvalue weighted by atomic mass is 10.1. The minimum Gasteiger partial charge on any atom is -0.460 e. The fourth-order valence-electron chi connectivity index (χ4n) is 2.38. The van der Waals surface area contributed by atoms with E-state index in [4.69, 9.17) is 16.4 Å². The lowest BCUT2D eigenvalue weighted by Gasteiger charge is -2.21. The van der Waals surface area contributed by atoms with Crippen LogP contribution in [0.1, 0.15) is 28.8 Å². The first-order valence-corrected chi connectivity index (χ1v) is 6.59. The van der Waals surface area contributed by atoms with Gasteiger partial charge < -0.3 is 4.74 Å². The van der Waals surface area contributed by atoms with Gasteiger partial charge in [0.05, 0.1) is 23.7 Å². The predicted octanol–water partition coefficient (Wildman–Crippen LogP) is 1.81. The summed E-state index contributed by atoms with van der Waals surface area (Å²) in [6, 6.07) is 8.73. The summed E-state index contributed by atoms with van der Waals surface area (Å²) in [5.41, 5.74) is 0.861. The summed E-state index contributed by atoms with van der Waals surface area (Å²) < 4.78 is 5.33. The molecule has 0 bridgehead atoms. The van der Waals surface area contributed by atoms with Gasteiger partial charge in [-0.15, -0.1) is 6.42 Å². The van der Waals surface area contributed by atoms with Gasteiger partial charge in [0.2, 0.25) is 0 Å². The maximum absolute atomic E-state index is 11.9. The summed E-state index contributed by atoms with van der Waals surface area (Å²) in [6.45, 7) is 1.89. The number of likely N-dealkylation sites (tertiary alicyclic amines) is 1. The number of nitriles is 1. The summed E-state index contributed by atoms with van der Waals surface area (Å²) in [7, 11) is 0. The number of rotatable bonds is 4. The molecule has 0 amide bonds. The summed E-state index contributed by atoms with van der Waals surface area (Å²) >= 11 is 0. The van der Waals surface area contributed by atoms with Crippen molar-refractivity contribution < 1.29 is 9.53 Å². The lowest BCUT2D eigenvalue weighted by molar-refractivity contribution is 0.0407. The molecule has 1 aromatic carbocycles. The lowest BCUT2D eigenvalue weighted by Crippen LogP contribution is -2.34. The van der Waals surface area contributed by atoms with E-state index < -0.39 is 5.97 Å². The van der Waals surface area contributed by atoms with Crippen LogP contribution in [-0.2, 0) is 4.74 Å². The molecule has 1 unspecified atom stereocenters. The molecule has 1 aliphatic heterocycles. The Morgan fingerprint density at radius 3 is 3.15 bits per heavy atom. The van der Waals surface area contributed by atoms with Gasteiger partial charge in [-0.3, -0.25) is 4.90 Å². The van der Waals surface area contributed by atoms with E-state index in [1.165, 1.54) is 6.07 Å². The second-order valence-electron chi connectivity index (χ2n) is 4.76. The molecular weight excluding hydrogens is 252 g/mol. The first kappa shape index (κ1) is 14.1. The SMILES string of the molecule is C#CCN1CCCC1COC(=O)c1cccc(C#N)c1. The van der Waals surface area contributed by atoms with E-state index in [9.17, 15) is 4.79 Å². The van der Waals surface area contributed by atoms with Crippen molar-refractivity contribution in [3.8, 4) is 18.4 Å². The van der Waals surface area contributed by atoms with E-state index in [0.29, 0.717) is 24.3 Å². The molecule has 1 heterocycles. The molecule has 0 aliphatic carbocycles. The molecule has 20 heavy (non-hydrogen) atoms. The van der Waals surface area contributed by atoms with Gasteiger partial charge in [-0.25, -0.2) is 4.79 Å². The number of hydrogen-bond donors (Lipinski definition) is 0. The fraction of sp³-hybridized carbons (Fsp3) is 0.375. The van der Waals surface area contributed by atoms with Crippen molar-refractivity contribution in [1.82, 2.24) is 4.90 Å². The molecule has 4 heteroatoms. The zero-order valence-electron chi connectivity index (χ0n) is 11.2. The van der Waals surface area contributed by atoms with Gasteiger partial charge in [0.15, 0.2) is 0 Å². The van der Waals surface area contributed by atoms with Gasteiger partial charge in [0.1, 0.15) is 6.61 Å². The highest BCUT2D eigenvalue weighted by Gasteiger charge is 2.25. The molecule has 1 fully saturated rings. The van der Waals surface area contributed by atoms with Gasteiger partial charge in [-0.2, -0.15) is 5.26 Å². The van der Waals surface area contributed by atoms with Gasteiger partial charge in [0.25, 0.3) is 0 Å². The third-order valence-electron chi connectivity index (χ3n) is 3.43. The first-order valence-electron chi connectivity index (χ1n) is 6.59. The van der Waals surface area contributed by atoms with Crippen LogP contribution >= 0.6 is 0 Å². The first-order chi connectivity index (χ1) is 9.74. The van der Waals surface area contributed by atoms with Crippen molar-refractivity contribution in [2.75, 3.05) is 19.7 Å². The van der Waals surface area contributed by atoms with E-state index in [1.807, 2.05) is 6.07 Å². The third-order valence-corrected chi connectivity index (χ3v) is 3.43. The molecular formula is C16H16N2O2. The van der Waals surface area contributed by atoms with Crippen molar-refractivity contribution in [2.45, 2.75) is 18.9 Å². The number of nitrogens with zero attached hydrogens (tertiary/aromatic N) is 2. The number of ether oxygens (including phenoxy) is 1. The third kappa shape index (κ3) is 3.38. The van der Waals surface area contributed by atoms with Gasteiger partial charge in [-0.05, 0) is 37.6 Å². The smallest absolute Gasteiger partial charge is 0.338 e. The summed E-state index contributed by atoms with van der Waals surface area (Å²) in [5.74, 6) is 2.23. The van der Waals surface area contributed by atoms with Crippen LogP contribution < -0.4 is 0 Å². The summed E-state index contributed by atoms with van der Waals surface area (Å²) in [4.78, 5) is 14.1. The standard InChI is InChI=1S/C16H16N2O2/c1-2-8-18-9-4-7-15(18)12-20-16(19)14-6-3-5-13(10-14)11-17/h1,3,5-6,10,15H,4,7-9,12H2. The zero-order valence-corrected chi connectivity index (χ0v) is 11.2. The summed E-state index contributed by atoms with van der Waals surface area (Å²) in [5, 5.41) is 8.81. The predicted molar refractivity (Wildman–Crippen MR) is 74.9 cm³/mol. The molecule has 0 aromatic heterocycles. The number of terminal acetylenes is 1. The van der Waals surface area contributed by atoms with Crippen LogP contribution in [0.5, 0.6) is 0 Å². The van der Waals surface area contributed by atoms with Crippen molar-refractivity contribution in [3.63, 3.8) is 0 Å². The highest BCUT2D eigenvalue weighted by molar-refractivity contribution is 5.89. The molecule has 102 valence electrons. The van der Waals surface area contributed by atoms with E-state index >= 15 is 0 Å². The van der Waals surface area contributed by atoms with Crippen LogP contribution in [0.25, 0.3) is 0 Å². The largest absolute Gasteiger partial charge is 0.460 e. The van der Waals surface area contributed by atoms with Crippen LogP contribution in [0.3, 0.4) is 0 Å². The Balaban J connectivity index is 1.92. The molecule has 1 aliphatic rings. The van der Waals surface area contributed by atoms with E-state index in [0.717, 1.165) is 19.4 Å². The minimum absolute atomic E-state index is 0.203. The minimum atomic E-state index is -0.394. The Morgan fingerprint density at radius 2 is 2.40 bits per heavy atom. The molecule has 4 nitrogen and oxygen atoms in total. The monoisotopic (exact) mass is 268 g/mol. The van der Waals surface area contributed by atoms with Gasteiger partial charge in [0, 0.05) is 6.04 Å². The van der Waals surface area contributed by atoms with E-state index in [-0.39, 0.29) is 6.04 Å². The number of esters is 1. The maximum Gasteiger partial charge on any atom is 0.338 e. The van der Waals surface area contributed by atoms with Crippen molar-refractivity contribution in [2.24, 2.45) is 0 Å². The quantitative estimate of drug-likeness (QED) is 0.617. The molecule has 0 N–H and O–H groups in total. The average Bonchev–Trinajstić information content (AvgIpc) is 2.92. The Labute approximate surface area is 119 Å². The molecule has 0 radical (unpaired) electrons. The van der Waals surface area contributed by atoms with Crippen molar-refractivity contribution >= 4 is 5.97 Å². The highest BCUT2D eigenvalue weighted by Crippen LogP contribution is 2.17. The second-order valence-corrected chi connectivity index (χ2v) is 4.76. The number of carbonyl (C=O) groups excluding carboxylic acids is 1. The average molecular weight is 268 g/mol. The van der Waals surface area contributed by atoms with Crippen LogP contribution in [0.2, 0.25) is 0 Å². The Kier molecular flexibility index (Phi) is 4.76.